The van der Waals surface area contributed by atoms with E-state index in [0.717, 1.165) is 6.07 Å². The maximum Gasteiger partial charge on any atom is 0.573 e. The fraction of sp³-hybridized carbons (Fsp3) is 0.316. The summed E-state index contributed by atoms with van der Waals surface area (Å²) in [7, 11) is 0. The molecule has 1 N–H and O–H groups in total. The van der Waals surface area contributed by atoms with Crippen molar-refractivity contribution in [3.8, 4) is 5.75 Å². The van der Waals surface area contributed by atoms with E-state index in [4.69, 9.17) is 11.6 Å². The number of fused-ring (bicyclic) bond motifs is 1. The van der Waals surface area contributed by atoms with Crippen molar-refractivity contribution in [1.29, 1.82) is 0 Å². The smallest absolute Gasteiger partial charge is 0.404 e. The lowest BCUT2D eigenvalue weighted by Gasteiger charge is -2.25. The van der Waals surface area contributed by atoms with Crippen LogP contribution in [-0.2, 0) is 11.3 Å². The molecule has 29 heavy (non-hydrogen) atoms. The monoisotopic (exact) mass is 427 g/mol. The van der Waals surface area contributed by atoms with Crippen LogP contribution < -0.4 is 10.1 Å². The summed E-state index contributed by atoms with van der Waals surface area (Å²) in [6, 6.07) is 4.96. The zero-order valence-corrected chi connectivity index (χ0v) is 16.3. The molecule has 1 unspecified atom stereocenters. The average molecular weight is 428 g/mol. The highest BCUT2D eigenvalue weighted by Gasteiger charge is 2.35. The Morgan fingerprint density at radius 3 is 2.72 bits per heavy atom. The highest BCUT2D eigenvalue weighted by atomic mass is 35.5. The van der Waals surface area contributed by atoms with Gasteiger partial charge in [-0.2, -0.15) is 0 Å². The minimum absolute atomic E-state index is 0.195. The van der Waals surface area contributed by atoms with E-state index >= 15 is 0 Å². The minimum Gasteiger partial charge on any atom is -0.404 e. The van der Waals surface area contributed by atoms with Gasteiger partial charge in [-0.05, 0) is 30.7 Å². The normalized spacial score (nSPS) is 14.6. The van der Waals surface area contributed by atoms with Crippen molar-refractivity contribution in [3.63, 3.8) is 0 Å². The molecule has 0 saturated carbocycles. The van der Waals surface area contributed by atoms with Crippen molar-refractivity contribution >= 4 is 29.2 Å². The first-order valence-corrected chi connectivity index (χ1v) is 9.12. The predicted octanol–water partition coefficient (Wildman–Crippen LogP) is 4.70. The van der Waals surface area contributed by atoms with E-state index in [0.29, 0.717) is 22.5 Å². The lowest BCUT2D eigenvalue weighted by atomic mass is 10.1. The Bertz CT molecular complexity index is 965. The summed E-state index contributed by atoms with van der Waals surface area (Å²) in [5.74, 6) is -0.685. The van der Waals surface area contributed by atoms with E-state index in [2.05, 4.69) is 15.0 Å². The third-order valence-corrected chi connectivity index (χ3v) is 4.88. The Balaban J connectivity index is 1.84. The van der Waals surface area contributed by atoms with Crippen LogP contribution in [0.1, 0.15) is 47.8 Å². The van der Waals surface area contributed by atoms with Gasteiger partial charge in [0.25, 0.3) is 5.91 Å². The number of benzene rings is 1. The average Bonchev–Trinajstić information content (AvgIpc) is 2.99. The fourth-order valence-corrected chi connectivity index (χ4v) is 3.28. The molecule has 2 amide bonds. The van der Waals surface area contributed by atoms with E-state index in [9.17, 15) is 22.8 Å². The minimum atomic E-state index is -4.85. The summed E-state index contributed by atoms with van der Waals surface area (Å²) in [6.07, 6.45) is -3.14. The van der Waals surface area contributed by atoms with Crippen LogP contribution >= 0.6 is 11.6 Å². The molecular formula is C19H17ClF3N3O3. The molecule has 0 spiro atoms. The summed E-state index contributed by atoms with van der Waals surface area (Å²) < 4.78 is 41.1. The second-order valence-corrected chi connectivity index (χ2v) is 6.84. The van der Waals surface area contributed by atoms with Crippen LogP contribution in [0.15, 0.2) is 30.5 Å². The maximum absolute atomic E-state index is 12.8. The number of ether oxygens (including phenoxy) is 1. The first kappa shape index (κ1) is 20.9. The molecule has 0 fully saturated rings. The highest BCUT2D eigenvalue weighted by Crippen LogP contribution is 2.37. The summed E-state index contributed by atoms with van der Waals surface area (Å²) in [5, 5.41) is 2.46. The molecule has 1 aromatic heterocycles. The lowest BCUT2D eigenvalue weighted by molar-refractivity contribution is -0.274. The van der Waals surface area contributed by atoms with E-state index in [1.807, 2.05) is 0 Å². The van der Waals surface area contributed by atoms with Crippen LogP contribution in [0, 0.1) is 0 Å². The Morgan fingerprint density at radius 1 is 1.38 bits per heavy atom. The number of nitrogens with zero attached hydrogens (tertiary/aromatic N) is 2. The molecule has 0 radical (unpaired) electrons. The van der Waals surface area contributed by atoms with Crippen molar-refractivity contribution in [2.45, 2.75) is 39.2 Å². The van der Waals surface area contributed by atoms with Crippen molar-refractivity contribution in [2.75, 3.05) is 5.32 Å². The summed E-state index contributed by atoms with van der Waals surface area (Å²) in [6.45, 7) is 3.63. The molecule has 154 valence electrons. The zero-order valence-electron chi connectivity index (χ0n) is 15.5. The van der Waals surface area contributed by atoms with Gasteiger partial charge in [-0.3, -0.25) is 9.59 Å². The number of hydrogen-bond donors (Lipinski definition) is 1. The van der Waals surface area contributed by atoms with Crippen LogP contribution in [0.3, 0.4) is 0 Å². The molecule has 2 aromatic rings. The van der Waals surface area contributed by atoms with E-state index in [-0.39, 0.29) is 29.8 Å². The fourth-order valence-electron chi connectivity index (χ4n) is 3.06. The Morgan fingerprint density at radius 2 is 2.10 bits per heavy atom. The third-order valence-electron chi connectivity index (χ3n) is 4.59. The number of nitrogens with one attached hydrogen (secondary N) is 1. The number of carbonyl (C=O) groups excluding carboxylic acids is 2. The van der Waals surface area contributed by atoms with Gasteiger partial charge in [0.1, 0.15) is 11.6 Å². The van der Waals surface area contributed by atoms with Crippen LogP contribution in [-0.4, -0.2) is 28.1 Å². The SMILES string of the molecule is CCC(=O)Nc1nccc2c1CN(C(C)c1ccc(OC(F)(F)F)c(Cl)c1)C2=O. The van der Waals surface area contributed by atoms with Gasteiger partial charge in [-0.1, -0.05) is 24.6 Å². The summed E-state index contributed by atoms with van der Waals surface area (Å²) >= 11 is 5.92. The molecule has 1 aliphatic rings. The number of alkyl halides is 3. The summed E-state index contributed by atoms with van der Waals surface area (Å²) in [5.41, 5.74) is 1.55. The van der Waals surface area contributed by atoms with Gasteiger partial charge in [0.2, 0.25) is 5.91 Å². The molecule has 0 aliphatic carbocycles. The summed E-state index contributed by atoms with van der Waals surface area (Å²) in [4.78, 5) is 30.2. The quantitative estimate of drug-likeness (QED) is 0.750. The Hall–Kier alpha value is -2.81. The molecule has 6 nitrogen and oxygen atoms in total. The molecule has 10 heteroatoms. The number of anilines is 1. The van der Waals surface area contributed by atoms with Crippen molar-refractivity contribution < 1.29 is 27.5 Å². The molecule has 2 heterocycles. The number of carbonyl (C=O) groups is 2. The van der Waals surface area contributed by atoms with Crippen LogP contribution in [0.2, 0.25) is 5.02 Å². The van der Waals surface area contributed by atoms with Crippen molar-refractivity contribution in [3.05, 3.63) is 52.2 Å². The predicted molar refractivity (Wildman–Crippen MR) is 99.6 cm³/mol. The van der Waals surface area contributed by atoms with Crippen LogP contribution in [0.5, 0.6) is 5.75 Å². The Labute approximate surface area is 169 Å². The first-order valence-electron chi connectivity index (χ1n) is 8.74. The van der Waals surface area contributed by atoms with Gasteiger partial charge in [0.15, 0.2) is 0 Å². The van der Waals surface area contributed by atoms with E-state index < -0.39 is 18.2 Å². The van der Waals surface area contributed by atoms with Gasteiger partial charge in [0.05, 0.1) is 17.6 Å². The highest BCUT2D eigenvalue weighted by molar-refractivity contribution is 6.32. The topological polar surface area (TPSA) is 71.5 Å². The number of amides is 2. The molecule has 1 atom stereocenters. The van der Waals surface area contributed by atoms with Gasteiger partial charge >= 0.3 is 6.36 Å². The molecule has 1 aromatic carbocycles. The van der Waals surface area contributed by atoms with Crippen molar-refractivity contribution in [1.82, 2.24) is 9.88 Å². The first-order chi connectivity index (χ1) is 13.6. The van der Waals surface area contributed by atoms with Crippen LogP contribution in [0.25, 0.3) is 0 Å². The maximum atomic E-state index is 12.8. The lowest BCUT2D eigenvalue weighted by Crippen LogP contribution is -2.27. The third kappa shape index (κ3) is 4.45. The van der Waals surface area contributed by atoms with E-state index in [1.165, 1.54) is 23.2 Å². The number of aromatic nitrogens is 1. The number of hydrogen-bond acceptors (Lipinski definition) is 4. The number of rotatable bonds is 5. The second kappa shape index (κ2) is 7.90. The Kier molecular flexibility index (Phi) is 5.70. The second-order valence-electron chi connectivity index (χ2n) is 6.43. The molecule has 1 aliphatic heterocycles. The zero-order chi connectivity index (χ0) is 21.3. The molecule has 3 rings (SSSR count). The van der Waals surface area contributed by atoms with E-state index in [1.54, 1.807) is 19.9 Å². The molecular weight excluding hydrogens is 411 g/mol. The molecule has 0 saturated heterocycles. The molecule has 0 bridgehead atoms. The standard InChI is InChI=1S/C19H17ClF3N3O3/c1-3-16(27)25-17-13-9-26(18(28)12(13)6-7-24-17)10(2)11-4-5-15(14(20)8-11)29-19(21,22)23/h4-8,10H,3,9H2,1-2H3,(H,24,25,27). The van der Waals surface area contributed by atoms with Crippen LogP contribution in [0.4, 0.5) is 19.0 Å². The largest absolute Gasteiger partial charge is 0.573 e. The van der Waals surface area contributed by atoms with Gasteiger partial charge < -0.3 is 15.0 Å². The van der Waals surface area contributed by atoms with Gasteiger partial charge in [0, 0.05) is 23.7 Å². The number of halogens is 4. The van der Waals surface area contributed by atoms with Gasteiger partial charge in [-0.15, -0.1) is 13.2 Å². The van der Waals surface area contributed by atoms with Gasteiger partial charge in [-0.25, -0.2) is 4.98 Å². The van der Waals surface area contributed by atoms with Crippen molar-refractivity contribution in [2.24, 2.45) is 0 Å². The number of pyridine rings is 1.